The molecule has 0 atom stereocenters. The summed E-state index contributed by atoms with van der Waals surface area (Å²) < 4.78 is 10.5. The highest BCUT2D eigenvalue weighted by Crippen LogP contribution is 2.06. The first-order chi connectivity index (χ1) is 6.06. The average molecular weight is 186 g/mol. The van der Waals surface area contributed by atoms with Crippen LogP contribution in [0.1, 0.15) is 0 Å². The molecule has 0 saturated heterocycles. The molecule has 0 aliphatic rings. The Bertz CT molecular complexity index is 261. The third-order valence-corrected chi connectivity index (χ3v) is 1.02. The maximum atomic E-state index is 10.5. The topological polar surface area (TPSA) is 89.3 Å². The molecule has 0 aromatic heterocycles. The maximum absolute atomic E-state index is 10.5. The molecule has 5 N–H and O–H groups in total. The SMILES string of the molecule is Nc1cccc(N)c1.O=C(O)CF. The van der Waals surface area contributed by atoms with Crippen molar-refractivity contribution in [3.8, 4) is 0 Å². The predicted molar refractivity (Wildman–Crippen MR) is 48.9 cm³/mol. The lowest BCUT2D eigenvalue weighted by Gasteiger charge is -1.91. The summed E-state index contributed by atoms with van der Waals surface area (Å²) in [6.07, 6.45) is 0. The van der Waals surface area contributed by atoms with Crippen molar-refractivity contribution in [1.82, 2.24) is 0 Å². The number of benzene rings is 1. The molecule has 0 spiro atoms. The van der Waals surface area contributed by atoms with Crippen molar-refractivity contribution in [3.63, 3.8) is 0 Å². The molecule has 72 valence electrons. The summed E-state index contributed by atoms with van der Waals surface area (Å²) in [5.41, 5.74) is 12.2. The average Bonchev–Trinajstić information content (AvgIpc) is 2.05. The lowest BCUT2D eigenvalue weighted by Crippen LogP contribution is -1.93. The molecular weight excluding hydrogens is 175 g/mol. The fraction of sp³-hybridized carbons (Fsp3) is 0.125. The number of hydrogen-bond acceptors (Lipinski definition) is 3. The highest BCUT2D eigenvalue weighted by atomic mass is 19.1. The van der Waals surface area contributed by atoms with Gasteiger partial charge in [0, 0.05) is 11.4 Å². The number of alkyl halides is 1. The molecule has 1 rings (SSSR count). The molecule has 1 aromatic carbocycles. The number of aliphatic carboxylic acids is 1. The molecular formula is C8H11FN2O2. The monoisotopic (exact) mass is 186 g/mol. The standard InChI is InChI=1S/C6H8N2.C2H3FO2/c7-5-2-1-3-6(8)4-5;3-1-2(4)5/h1-4H,7-8H2;1H2,(H,4,5). The van der Waals surface area contributed by atoms with Crippen LogP contribution in [0.15, 0.2) is 24.3 Å². The van der Waals surface area contributed by atoms with Crippen LogP contribution in [0.3, 0.4) is 0 Å². The minimum atomic E-state index is -1.41. The van der Waals surface area contributed by atoms with Gasteiger partial charge in [0.1, 0.15) is 0 Å². The lowest BCUT2D eigenvalue weighted by atomic mass is 10.3. The van der Waals surface area contributed by atoms with E-state index >= 15 is 0 Å². The molecule has 0 amide bonds. The fourth-order valence-electron chi connectivity index (χ4n) is 0.559. The molecule has 0 aliphatic carbocycles. The molecule has 5 heteroatoms. The Labute approximate surface area is 75.0 Å². The highest BCUT2D eigenvalue weighted by molar-refractivity contribution is 5.67. The van der Waals surface area contributed by atoms with Crippen LogP contribution in [0.2, 0.25) is 0 Å². The number of anilines is 2. The largest absolute Gasteiger partial charge is 0.479 e. The molecule has 0 fully saturated rings. The second-order valence-electron chi connectivity index (χ2n) is 2.20. The molecule has 13 heavy (non-hydrogen) atoms. The zero-order valence-electron chi connectivity index (χ0n) is 6.90. The van der Waals surface area contributed by atoms with Crippen LogP contribution in [-0.4, -0.2) is 17.8 Å². The van der Waals surface area contributed by atoms with E-state index < -0.39 is 12.6 Å². The van der Waals surface area contributed by atoms with Crippen molar-refractivity contribution in [1.29, 1.82) is 0 Å². The van der Waals surface area contributed by atoms with E-state index in [1.165, 1.54) is 0 Å². The van der Waals surface area contributed by atoms with Crippen molar-refractivity contribution >= 4 is 17.3 Å². The first-order valence-electron chi connectivity index (χ1n) is 3.45. The smallest absolute Gasteiger partial charge is 0.335 e. The highest BCUT2D eigenvalue weighted by Gasteiger charge is 1.85. The van der Waals surface area contributed by atoms with E-state index in [1.54, 1.807) is 18.2 Å². The van der Waals surface area contributed by atoms with Crippen LogP contribution in [-0.2, 0) is 4.79 Å². The first kappa shape index (κ1) is 11.2. The summed E-state index contributed by atoms with van der Waals surface area (Å²) in [6.45, 7) is -1.28. The first-order valence-corrected chi connectivity index (χ1v) is 3.45. The number of carboxylic acid groups (broad SMARTS) is 1. The minimum absolute atomic E-state index is 0.713. The normalized spacial score (nSPS) is 8.38. The van der Waals surface area contributed by atoms with Gasteiger partial charge in [-0.25, -0.2) is 9.18 Å². The summed E-state index contributed by atoms with van der Waals surface area (Å²) in [5.74, 6) is -1.41. The van der Waals surface area contributed by atoms with Crippen molar-refractivity contribution in [2.24, 2.45) is 0 Å². The van der Waals surface area contributed by atoms with Crippen molar-refractivity contribution in [2.45, 2.75) is 0 Å². The van der Waals surface area contributed by atoms with E-state index in [1.807, 2.05) is 6.07 Å². The second-order valence-corrected chi connectivity index (χ2v) is 2.20. The summed E-state index contributed by atoms with van der Waals surface area (Å²) >= 11 is 0. The van der Waals surface area contributed by atoms with Gasteiger partial charge in [-0.3, -0.25) is 0 Å². The minimum Gasteiger partial charge on any atom is -0.479 e. The van der Waals surface area contributed by atoms with Gasteiger partial charge in [-0.05, 0) is 18.2 Å². The van der Waals surface area contributed by atoms with Gasteiger partial charge < -0.3 is 16.6 Å². The second kappa shape index (κ2) is 5.82. The van der Waals surface area contributed by atoms with Crippen LogP contribution in [0.5, 0.6) is 0 Å². The Morgan fingerprint density at radius 2 is 1.77 bits per heavy atom. The van der Waals surface area contributed by atoms with E-state index in [0.717, 1.165) is 0 Å². The van der Waals surface area contributed by atoms with Crippen molar-refractivity contribution < 1.29 is 14.3 Å². The molecule has 0 saturated carbocycles. The molecule has 0 bridgehead atoms. The zero-order valence-corrected chi connectivity index (χ0v) is 6.90. The predicted octanol–water partition coefficient (Wildman–Crippen LogP) is 0.891. The van der Waals surface area contributed by atoms with Gasteiger partial charge in [-0.2, -0.15) is 0 Å². The maximum Gasteiger partial charge on any atom is 0.335 e. The summed E-state index contributed by atoms with van der Waals surface area (Å²) in [6, 6.07) is 7.15. The molecule has 0 aliphatic heterocycles. The Hall–Kier alpha value is -1.78. The van der Waals surface area contributed by atoms with Gasteiger partial charge in [0.05, 0.1) is 0 Å². The Kier molecular flexibility index (Phi) is 5.02. The van der Waals surface area contributed by atoms with E-state index in [0.29, 0.717) is 11.4 Å². The van der Waals surface area contributed by atoms with E-state index in [2.05, 4.69) is 0 Å². The number of nitrogen functional groups attached to an aromatic ring is 2. The Morgan fingerprint density at radius 1 is 1.38 bits per heavy atom. The third-order valence-electron chi connectivity index (χ3n) is 1.02. The molecule has 0 radical (unpaired) electrons. The van der Waals surface area contributed by atoms with Crippen LogP contribution >= 0.6 is 0 Å². The number of nitrogens with two attached hydrogens (primary N) is 2. The van der Waals surface area contributed by atoms with E-state index in [4.69, 9.17) is 21.4 Å². The van der Waals surface area contributed by atoms with Crippen LogP contribution < -0.4 is 11.5 Å². The van der Waals surface area contributed by atoms with Crippen molar-refractivity contribution in [3.05, 3.63) is 24.3 Å². The molecule has 4 nitrogen and oxygen atoms in total. The van der Waals surface area contributed by atoms with E-state index in [-0.39, 0.29) is 0 Å². The van der Waals surface area contributed by atoms with Gasteiger partial charge in [0.2, 0.25) is 0 Å². The van der Waals surface area contributed by atoms with E-state index in [9.17, 15) is 4.39 Å². The Morgan fingerprint density at radius 3 is 1.92 bits per heavy atom. The molecule has 1 aromatic rings. The third kappa shape index (κ3) is 6.61. The van der Waals surface area contributed by atoms with Crippen LogP contribution in [0.25, 0.3) is 0 Å². The Balaban J connectivity index is 0.000000252. The summed E-state index contributed by atoms with van der Waals surface area (Å²) in [5, 5.41) is 7.35. The number of carboxylic acids is 1. The van der Waals surface area contributed by atoms with Gasteiger partial charge in [0.15, 0.2) is 6.67 Å². The molecule has 0 heterocycles. The number of hydrogen-bond donors (Lipinski definition) is 3. The molecule has 0 unspecified atom stereocenters. The van der Waals surface area contributed by atoms with Crippen LogP contribution in [0.4, 0.5) is 15.8 Å². The summed E-state index contributed by atoms with van der Waals surface area (Å²) in [4.78, 5) is 8.99. The summed E-state index contributed by atoms with van der Waals surface area (Å²) in [7, 11) is 0. The van der Waals surface area contributed by atoms with Crippen molar-refractivity contribution in [2.75, 3.05) is 18.1 Å². The van der Waals surface area contributed by atoms with Gasteiger partial charge in [-0.15, -0.1) is 0 Å². The van der Waals surface area contributed by atoms with Gasteiger partial charge >= 0.3 is 5.97 Å². The quantitative estimate of drug-likeness (QED) is 0.568. The fourth-order valence-corrected chi connectivity index (χ4v) is 0.559. The number of rotatable bonds is 1. The number of carbonyl (C=O) groups is 1. The van der Waals surface area contributed by atoms with Gasteiger partial charge in [0.25, 0.3) is 0 Å². The number of halogens is 1. The zero-order chi connectivity index (χ0) is 10.3. The van der Waals surface area contributed by atoms with Crippen LogP contribution in [0, 0.1) is 0 Å². The lowest BCUT2D eigenvalue weighted by molar-refractivity contribution is -0.137. The van der Waals surface area contributed by atoms with Gasteiger partial charge in [-0.1, -0.05) is 6.07 Å².